The second-order valence-corrected chi connectivity index (χ2v) is 4.10. The Morgan fingerprint density at radius 1 is 1.71 bits per heavy atom. The Morgan fingerprint density at radius 3 is 2.94 bits per heavy atom. The maximum atomic E-state index is 10.6. The minimum Gasteiger partial charge on any atom is -0.480 e. The van der Waals surface area contributed by atoms with E-state index in [9.17, 15) is 4.79 Å². The highest BCUT2D eigenvalue weighted by Crippen LogP contribution is 2.29. The van der Waals surface area contributed by atoms with Crippen molar-refractivity contribution in [3.63, 3.8) is 0 Å². The van der Waals surface area contributed by atoms with Gasteiger partial charge < -0.3 is 16.2 Å². The predicted molar refractivity (Wildman–Crippen MR) is 60.2 cm³/mol. The molecule has 1 aromatic heterocycles. The Kier molecular flexibility index (Phi) is 2.87. The first-order valence-electron chi connectivity index (χ1n) is 5.34. The van der Waals surface area contributed by atoms with Crippen LogP contribution in [0.2, 0.25) is 0 Å². The van der Waals surface area contributed by atoms with E-state index >= 15 is 0 Å². The molecule has 0 spiro atoms. The molecule has 0 atom stereocenters. The van der Waals surface area contributed by atoms with Crippen molar-refractivity contribution in [2.75, 3.05) is 17.6 Å². The van der Waals surface area contributed by atoms with Gasteiger partial charge in [-0.3, -0.25) is 4.79 Å². The van der Waals surface area contributed by atoms with E-state index in [0.29, 0.717) is 11.7 Å². The van der Waals surface area contributed by atoms with Gasteiger partial charge in [0, 0.05) is 6.54 Å². The summed E-state index contributed by atoms with van der Waals surface area (Å²) in [4.78, 5) is 10.6. The molecule has 1 aromatic rings. The highest BCUT2D eigenvalue weighted by molar-refractivity contribution is 5.70. The monoisotopic (exact) mass is 235 g/mol. The van der Waals surface area contributed by atoms with Crippen LogP contribution < -0.4 is 11.1 Å². The van der Waals surface area contributed by atoms with E-state index in [4.69, 9.17) is 16.1 Å². The number of carbonyl (C=O) groups is 1. The number of nitrogen functional groups attached to an aromatic ring is 1. The average molecular weight is 235 g/mol. The quantitative estimate of drug-likeness (QED) is 0.673. The zero-order chi connectivity index (χ0) is 12.4. The second-order valence-electron chi connectivity index (χ2n) is 4.10. The van der Waals surface area contributed by atoms with Crippen LogP contribution in [0.3, 0.4) is 0 Å². The average Bonchev–Trinajstić information content (AvgIpc) is 3.04. The Balaban J connectivity index is 2.17. The van der Waals surface area contributed by atoms with E-state index in [-0.39, 0.29) is 17.9 Å². The SMILES string of the molecule is N#Cc1c(NCC2CC2)nn(CC(=O)O)c1N. The van der Waals surface area contributed by atoms with Gasteiger partial charge in [0.15, 0.2) is 5.82 Å². The van der Waals surface area contributed by atoms with E-state index < -0.39 is 5.97 Å². The third-order valence-corrected chi connectivity index (χ3v) is 2.64. The van der Waals surface area contributed by atoms with Gasteiger partial charge in [-0.05, 0) is 18.8 Å². The molecule has 1 saturated carbocycles. The van der Waals surface area contributed by atoms with Crippen molar-refractivity contribution in [2.24, 2.45) is 5.92 Å². The van der Waals surface area contributed by atoms with Gasteiger partial charge in [0.05, 0.1) is 0 Å². The number of nitriles is 1. The molecule has 90 valence electrons. The summed E-state index contributed by atoms with van der Waals surface area (Å²) in [5.74, 6) is 0.0520. The fourth-order valence-corrected chi connectivity index (χ4v) is 1.52. The summed E-state index contributed by atoms with van der Waals surface area (Å²) in [7, 11) is 0. The Labute approximate surface area is 97.8 Å². The maximum Gasteiger partial charge on any atom is 0.325 e. The molecule has 0 bridgehead atoms. The minimum atomic E-state index is -1.04. The van der Waals surface area contributed by atoms with Crippen LogP contribution in [0, 0.1) is 17.2 Å². The van der Waals surface area contributed by atoms with Crippen molar-refractivity contribution in [3.8, 4) is 6.07 Å². The number of nitrogens with zero attached hydrogens (tertiary/aromatic N) is 3. The van der Waals surface area contributed by atoms with E-state index in [0.717, 1.165) is 11.2 Å². The zero-order valence-corrected chi connectivity index (χ0v) is 9.18. The first-order valence-corrected chi connectivity index (χ1v) is 5.34. The van der Waals surface area contributed by atoms with Crippen molar-refractivity contribution < 1.29 is 9.90 Å². The molecule has 17 heavy (non-hydrogen) atoms. The summed E-state index contributed by atoms with van der Waals surface area (Å²) in [6, 6.07) is 1.94. The molecule has 4 N–H and O–H groups in total. The summed E-state index contributed by atoms with van der Waals surface area (Å²) < 4.78 is 1.12. The Morgan fingerprint density at radius 2 is 2.41 bits per heavy atom. The van der Waals surface area contributed by atoms with Crippen LogP contribution in [0.25, 0.3) is 0 Å². The predicted octanol–water partition coefficient (Wildman–Crippen LogP) is 0.243. The molecule has 1 fully saturated rings. The number of carboxylic acid groups (broad SMARTS) is 1. The van der Waals surface area contributed by atoms with Gasteiger partial charge in [0.25, 0.3) is 0 Å². The first-order chi connectivity index (χ1) is 8.11. The fraction of sp³-hybridized carbons (Fsp3) is 0.500. The lowest BCUT2D eigenvalue weighted by Gasteiger charge is -2.00. The Bertz CT molecular complexity index is 484. The molecule has 0 saturated heterocycles. The molecule has 1 aliphatic carbocycles. The largest absolute Gasteiger partial charge is 0.480 e. The van der Waals surface area contributed by atoms with Gasteiger partial charge in [-0.15, -0.1) is 0 Å². The van der Waals surface area contributed by atoms with Crippen molar-refractivity contribution in [3.05, 3.63) is 5.56 Å². The smallest absolute Gasteiger partial charge is 0.325 e. The van der Waals surface area contributed by atoms with Crippen LogP contribution in [-0.2, 0) is 11.3 Å². The molecule has 1 heterocycles. The van der Waals surface area contributed by atoms with Crippen molar-refractivity contribution in [2.45, 2.75) is 19.4 Å². The molecule has 0 unspecified atom stereocenters. The van der Waals surface area contributed by atoms with Crippen LogP contribution in [-0.4, -0.2) is 27.4 Å². The summed E-state index contributed by atoms with van der Waals surface area (Å²) in [5.41, 5.74) is 5.87. The lowest BCUT2D eigenvalue weighted by atomic mass is 10.3. The van der Waals surface area contributed by atoms with Gasteiger partial charge in [-0.1, -0.05) is 0 Å². The number of hydrogen-bond acceptors (Lipinski definition) is 5. The van der Waals surface area contributed by atoms with E-state index in [2.05, 4.69) is 10.4 Å². The molecular weight excluding hydrogens is 222 g/mol. The van der Waals surface area contributed by atoms with Gasteiger partial charge >= 0.3 is 5.97 Å². The number of rotatable bonds is 5. The molecular formula is C10H13N5O2. The van der Waals surface area contributed by atoms with Crippen LogP contribution in [0.4, 0.5) is 11.6 Å². The molecule has 7 heteroatoms. The highest BCUT2D eigenvalue weighted by atomic mass is 16.4. The topological polar surface area (TPSA) is 117 Å². The lowest BCUT2D eigenvalue weighted by molar-refractivity contribution is -0.137. The summed E-state index contributed by atoms with van der Waals surface area (Å²) in [5, 5.41) is 24.7. The normalized spacial score (nSPS) is 14.3. The van der Waals surface area contributed by atoms with Gasteiger partial charge in [-0.25, -0.2) is 4.68 Å². The van der Waals surface area contributed by atoms with Crippen molar-refractivity contribution >= 4 is 17.6 Å². The number of hydrogen-bond donors (Lipinski definition) is 3. The van der Waals surface area contributed by atoms with Crippen LogP contribution >= 0.6 is 0 Å². The standard InChI is InChI=1S/C10H13N5O2/c11-3-7-9(12)15(5-8(16)17)14-10(7)13-4-6-1-2-6/h6H,1-2,4-5,12H2,(H,13,14)(H,16,17). The third-order valence-electron chi connectivity index (χ3n) is 2.64. The molecule has 0 radical (unpaired) electrons. The molecule has 1 aliphatic rings. The second kappa shape index (κ2) is 4.33. The van der Waals surface area contributed by atoms with Gasteiger partial charge in [0.2, 0.25) is 0 Å². The Hall–Kier alpha value is -2.23. The molecule has 0 aromatic carbocycles. The van der Waals surface area contributed by atoms with Crippen LogP contribution in [0.1, 0.15) is 18.4 Å². The number of nitrogens with one attached hydrogen (secondary N) is 1. The van der Waals surface area contributed by atoms with Gasteiger partial charge in [0.1, 0.15) is 24.0 Å². The van der Waals surface area contributed by atoms with Crippen molar-refractivity contribution in [1.82, 2.24) is 9.78 Å². The minimum absolute atomic E-state index is 0.0909. The van der Waals surface area contributed by atoms with E-state index in [1.807, 2.05) is 6.07 Å². The summed E-state index contributed by atoms with van der Waals surface area (Å²) >= 11 is 0. The zero-order valence-electron chi connectivity index (χ0n) is 9.18. The highest BCUT2D eigenvalue weighted by Gasteiger charge is 2.23. The third kappa shape index (κ3) is 2.47. The van der Waals surface area contributed by atoms with Gasteiger partial charge in [-0.2, -0.15) is 10.4 Å². The molecule has 0 aliphatic heterocycles. The summed E-state index contributed by atoms with van der Waals surface area (Å²) in [6.45, 7) is 0.407. The lowest BCUT2D eigenvalue weighted by Crippen LogP contribution is -2.13. The molecule has 0 amide bonds. The van der Waals surface area contributed by atoms with Crippen LogP contribution in [0.5, 0.6) is 0 Å². The molecule has 2 rings (SSSR count). The number of carboxylic acids is 1. The maximum absolute atomic E-state index is 10.6. The number of aromatic nitrogens is 2. The fourth-order valence-electron chi connectivity index (χ4n) is 1.52. The van der Waals surface area contributed by atoms with Crippen molar-refractivity contribution in [1.29, 1.82) is 5.26 Å². The number of nitrogens with two attached hydrogens (primary N) is 1. The molecule has 7 nitrogen and oxygen atoms in total. The number of aliphatic carboxylic acids is 1. The first kappa shape index (κ1) is 11.3. The number of anilines is 2. The van der Waals surface area contributed by atoms with E-state index in [1.165, 1.54) is 12.8 Å². The van der Waals surface area contributed by atoms with Crippen LogP contribution in [0.15, 0.2) is 0 Å². The van der Waals surface area contributed by atoms with E-state index in [1.54, 1.807) is 0 Å². The summed E-state index contributed by atoms with van der Waals surface area (Å²) in [6.07, 6.45) is 2.36.